The van der Waals surface area contributed by atoms with Crippen LogP contribution in [-0.2, 0) is 23.8 Å². The summed E-state index contributed by atoms with van der Waals surface area (Å²) >= 11 is 0. The molecule has 0 amide bonds. The first kappa shape index (κ1) is 12.1. The lowest BCUT2D eigenvalue weighted by atomic mass is 10.1. The van der Waals surface area contributed by atoms with Crippen molar-refractivity contribution in [2.45, 2.75) is 44.7 Å². The maximum absolute atomic E-state index is 11.1. The molecule has 5 heteroatoms. The molecule has 1 aliphatic rings. The summed E-state index contributed by atoms with van der Waals surface area (Å²) in [5.41, 5.74) is 0. The molecule has 1 rings (SSSR count). The third-order valence-corrected chi connectivity index (χ3v) is 2.15. The minimum atomic E-state index is -0.831. The molecule has 0 aliphatic carbocycles. The number of hydrogen-bond acceptors (Lipinski definition) is 5. The normalized spacial score (nSPS) is 29.5. The summed E-state index contributed by atoms with van der Waals surface area (Å²) in [5, 5.41) is 0. The van der Waals surface area contributed by atoms with Gasteiger partial charge < -0.3 is 19.0 Å². The molecule has 2 unspecified atom stereocenters. The number of aldehydes is 1. The molecule has 1 saturated heterocycles. The summed E-state index contributed by atoms with van der Waals surface area (Å²) in [6, 6.07) is 0. The maximum atomic E-state index is 11.1. The Labute approximate surface area is 88.7 Å². The van der Waals surface area contributed by atoms with E-state index in [1.165, 1.54) is 7.11 Å². The van der Waals surface area contributed by atoms with E-state index in [1.54, 1.807) is 13.8 Å². The van der Waals surface area contributed by atoms with E-state index in [0.717, 1.165) is 6.29 Å². The molecule has 2 atom stereocenters. The van der Waals surface area contributed by atoms with E-state index < -0.39 is 11.9 Å². The smallest absolute Gasteiger partial charge is 0.308 e. The van der Waals surface area contributed by atoms with Crippen LogP contribution in [0.3, 0.4) is 0 Å². The number of hydrogen-bond donors (Lipinski definition) is 0. The first-order valence-electron chi connectivity index (χ1n) is 4.84. The molecular weight excluding hydrogens is 200 g/mol. The molecule has 0 aromatic carbocycles. The summed E-state index contributed by atoms with van der Waals surface area (Å²) in [5.74, 6) is -1.18. The maximum Gasteiger partial charge on any atom is 0.308 e. The second-order valence-corrected chi connectivity index (χ2v) is 3.95. The molecule has 15 heavy (non-hydrogen) atoms. The Kier molecular flexibility index (Phi) is 3.82. The lowest BCUT2D eigenvalue weighted by Gasteiger charge is -2.38. The van der Waals surface area contributed by atoms with Crippen molar-refractivity contribution in [3.05, 3.63) is 0 Å². The molecule has 1 fully saturated rings. The monoisotopic (exact) mass is 216 g/mol. The van der Waals surface area contributed by atoms with Crippen molar-refractivity contribution in [1.82, 2.24) is 0 Å². The molecule has 1 heterocycles. The van der Waals surface area contributed by atoms with Crippen LogP contribution < -0.4 is 0 Å². The van der Waals surface area contributed by atoms with Gasteiger partial charge in [-0.05, 0) is 13.8 Å². The summed E-state index contributed by atoms with van der Waals surface area (Å²) in [6.07, 6.45) is 0.435. The number of methoxy groups -OCH3 is 1. The van der Waals surface area contributed by atoms with Gasteiger partial charge in [-0.25, -0.2) is 0 Å². The van der Waals surface area contributed by atoms with Gasteiger partial charge >= 0.3 is 5.97 Å². The number of carbonyl (C=O) groups excluding carboxylic acids is 2. The Morgan fingerprint density at radius 3 is 2.73 bits per heavy atom. The van der Waals surface area contributed by atoms with Crippen LogP contribution in [0.1, 0.15) is 26.7 Å². The van der Waals surface area contributed by atoms with Crippen LogP contribution in [-0.4, -0.2) is 37.4 Å². The zero-order valence-electron chi connectivity index (χ0n) is 9.19. The highest BCUT2D eigenvalue weighted by Gasteiger charge is 2.36. The summed E-state index contributed by atoms with van der Waals surface area (Å²) in [6.45, 7) is 3.43. The van der Waals surface area contributed by atoms with E-state index in [-0.39, 0.29) is 18.5 Å². The number of rotatable bonds is 3. The lowest BCUT2D eigenvalue weighted by Crippen LogP contribution is -2.45. The third-order valence-electron chi connectivity index (χ3n) is 2.15. The largest absolute Gasteiger partial charge is 0.469 e. The Morgan fingerprint density at radius 2 is 2.20 bits per heavy atom. The number of ether oxygens (including phenoxy) is 3. The van der Waals surface area contributed by atoms with Gasteiger partial charge in [0.2, 0.25) is 0 Å². The predicted octanol–water partition coefficient (Wildman–Crippen LogP) is 0.659. The SMILES string of the molecule is COC(=O)CC1CC(C=O)OC(C)(C)O1. The van der Waals surface area contributed by atoms with Gasteiger partial charge in [0.1, 0.15) is 12.4 Å². The van der Waals surface area contributed by atoms with Crippen molar-refractivity contribution in [2.24, 2.45) is 0 Å². The second kappa shape index (κ2) is 4.72. The zero-order chi connectivity index (χ0) is 11.5. The van der Waals surface area contributed by atoms with Gasteiger partial charge in [0.25, 0.3) is 0 Å². The van der Waals surface area contributed by atoms with E-state index in [2.05, 4.69) is 4.74 Å². The molecule has 86 valence electrons. The molecule has 0 radical (unpaired) electrons. The van der Waals surface area contributed by atoms with Crippen LogP contribution in [0.4, 0.5) is 0 Å². The highest BCUT2D eigenvalue weighted by atomic mass is 16.7. The Bertz CT molecular complexity index is 248. The van der Waals surface area contributed by atoms with Gasteiger partial charge in [-0.15, -0.1) is 0 Å². The predicted molar refractivity (Wildman–Crippen MR) is 51.1 cm³/mol. The summed E-state index contributed by atoms with van der Waals surface area (Å²) < 4.78 is 15.4. The van der Waals surface area contributed by atoms with Crippen molar-refractivity contribution in [3.63, 3.8) is 0 Å². The van der Waals surface area contributed by atoms with Crippen LogP contribution in [0.15, 0.2) is 0 Å². The fourth-order valence-electron chi connectivity index (χ4n) is 1.63. The molecule has 1 aliphatic heterocycles. The summed E-state index contributed by atoms with van der Waals surface area (Å²) in [4.78, 5) is 21.7. The van der Waals surface area contributed by atoms with E-state index in [0.29, 0.717) is 6.42 Å². The van der Waals surface area contributed by atoms with Crippen LogP contribution in [0.2, 0.25) is 0 Å². The molecule has 0 N–H and O–H groups in total. The Hall–Kier alpha value is -0.940. The van der Waals surface area contributed by atoms with Gasteiger partial charge in [-0.2, -0.15) is 0 Å². The first-order valence-corrected chi connectivity index (χ1v) is 4.84. The Balaban J connectivity index is 2.58. The van der Waals surface area contributed by atoms with Crippen LogP contribution >= 0.6 is 0 Å². The van der Waals surface area contributed by atoms with Crippen molar-refractivity contribution in [1.29, 1.82) is 0 Å². The highest BCUT2D eigenvalue weighted by molar-refractivity contribution is 5.70. The molecule has 0 bridgehead atoms. The van der Waals surface area contributed by atoms with E-state index in [4.69, 9.17) is 9.47 Å². The second-order valence-electron chi connectivity index (χ2n) is 3.95. The van der Waals surface area contributed by atoms with Gasteiger partial charge in [0.15, 0.2) is 5.79 Å². The summed E-state index contributed by atoms with van der Waals surface area (Å²) in [7, 11) is 1.32. The quantitative estimate of drug-likeness (QED) is 0.512. The number of carbonyl (C=O) groups is 2. The van der Waals surface area contributed by atoms with E-state index >= 15 is 0 Å². The van der Waals surface area contributed by atoms with Crippen molar-refractivity contribution >= 4 is 12.3 Å². The van der Waals surface area contributed by atoms with Gasteiger partial charge in [0, 0.05) is 6.42 Å². The molecular formula is C10H16O5. The van der Waals surface area contributed by atoms with Gasteiger partial charge in [-0.1, -0.05) is 0 Å². The molecule has 0 aromatic heterocycles. The minimum Gasteiger partial charge on any atom is -0.469 e. The van der Waals surface area contributed by atoms with E-state index in [1.807, 2.05) is 0 Å². The topological polar surface area (TPSA) is 61.8 Å². The average molecular weight is 216 g/mol. The van der Waals surface area contributed by atoms with Gasteiger partial charge in [0.05, 0.1) is 19.6 Å². The van der Waals surface area contributed by atoms with Crippen LogP contribution in [0.25, 0.3) is 0 Å². The highest BCUT2D eigenvalue weighted by Crippen LogP contribution is 2.27. The molecule has 0 saturated carbocycles. The van der Waals surface area contributed by atoms with Crippen LogP contribution in [0.5, 0.6) is 0 Å². The first-order chi connectivity index (χ1) is 6.96. The fourth-order valence-corrected chi connectivity index (χ4v) is 1.63. The Morgan fingerprint density at radius 1 is 1.53 bits per heavy atom. The fraction of sp³-hybridized carbons (Fsp3) is 0.800. The third kappa shape index (κ3) is 3.60. The molecule has 0 aromatic rings. The number of esters is 1. The van der Waals surface area contributed by atoms with Crippen molar-refractivity contribution in [2.75, 3.05) is 7.11 Å². The molecule has 0 spiro atoms. The van der Waals surface area contributed by atoms with E-state index in [9.17, 15) is 9.59 Å². The standard InChI is InChI=1S/C10H16O5/c1-10(2)14-7(5-9(12)13-3)4-8(6-11)15-10/h6-8H,4-5H2,1-3H3. The van der Waals surface area contributed by atoms with Crippen LogP contribution in [0, 0.1) is 0 Å². The van der Waals surface area contributed by atoms with Gasteiger partial charge in [-0.3, -0.25) is 4.79 Å². The average Bonchev–Trinajstić information content (AvgIpc) is 2.15. The lowest BCUT2D eigenvalue weighted by molar-refractivity contribution is -0.291. The van der Waals surface area contributed by atoms with Crippen molar-refractivity contribution in [3.8, 4) is 0 Å². The zero-order valence-corrected chi connectivity index (χ0v) is 9.19. The van der Waals surface area contributed by atoms with Crippen molar-refractivity contribution < 1.29 is 23.8 Å². The minimum absolute atomic E-state index is 0.146. The molecule has 5 nitrogen and oxygen atoms in total.